The normalized spacial score (nSPS) is 14.7. The third-order valence-corrected chi connectivity index (χ3v) is 4.44. The highest BCUT2D eigenvalue weighted by atomic mass is 16.6. The van der Waals surface area contributed by atoms with Gasteiger partial charge in [-0.1, -0.05) is 6.42 Å². The molecule has 3 N–H and O–H groups in total. The molecule has 1 aliphatic rings. The average Bonchev–Trinajstić information content (AvgIpc) is 2.86. The molecule has 164 valence electrons. The Balaban J connectivity index is 1.71. The van der Waals surface area contributed by atoms with Gasteiger partial charge >= 0.3 is 6.09 Å². The molecule has 0 spiro atoms. The van der Waals surface area contributed by atoms with Crippen LogP contribution in [0.3, 0.4) is 0 Å². The Morgan fingerprint density at radius 3 is 2.72 bits per heavy atom. The fourth-order valence-corrected chi connectivity index (χ4v) is 3.14. The van der Waals surface area contributed by atoms with E-state index in [1.54, 1.807) is 0 Å². The van der Waals surface area contributed by atoms with E-state index in [9.17, 15) is 4.79 Å². The topological polar surface area (TPSA) is 105 Å². The lowest BCUT2D eigenvalue weighted by atomic mass is 10.2. The molecule has 0 unspecified atom stereocenters. The molecule has 0 radical (unpaired) electrons. The van der Waals surface area contributed by atoms with Crippen molar-refractivity contribution >= 4 is 12.1 Å². The van der Waals surface area contributed by atoms with Crippen molar-refractivity contribution in [1.82, 2.24) is 30.7 Å². The van der Waals surface area contributed by atoms with Crippen molar-refractivity contribution in [2.45, 2.75) is 78.4 Å². The predicted molar refractivity (Wildman–Crippen MR) is 114 cm³/mol. The quantitative estimate of drug-likeness (QED) is 0.346. The molecule has 0 fully saturated rings. The number of aliphatic imine (C=N–C) groups is 1. The standard InChI is InChI=1S/C20H37N7O2/c1-5-21-18(22-12-9-13-24-19(28)29-20(2,3)4)23-14-11-17-26-25-16-10-7-6-8-15-27(16)17/h5-15H2,1-4H3,(H,24,28)(H2,21,22,23). The van der Waals surface area contributed by atoms with E-state index in [1.165, 1.54) is 19.3 Å². The zero-order valence-corrected chi connectivity index (χ0v) is 18.4. The first-order chi connectivity index (χ1) is 13.9. The first-order valence-electron chi connectivity index (χ1n) is 10.8. The maximum Gasteiger partial charge on any atom is 0.407 e. The van der Waals surface area contributed by atoms with E-state index in [-0.39, 0.29) is 6.09 Å². The number of ether oxygens (including phenoxy) is 1. The maximum absolute atomic E-state index is 11.6. The molecular formula is C20H37N7O2. The first kappa shape index (κ1) is 23.0. The summed E-state index contributed by atoms with van der Waals surface area (Å²) in [6, 6.07) is 0. The third kappa shape index (κ3) is 8.70. The highest BCUT2D eigenvalue weighted by Gasteiger charge is 2.16. The Bertz CT molecular complexity index is 664. The first-order valence-corrected chi connectivity index (χ1v) is 10.8. The number of aromatic nitrogens is 3. The molecule has 0 saturated carbocycles. The van der Waals surface area contributed by atoms with E-state index in [1.807, 2.05) is 27.7 Å². The van der Waals surface area contributed by atoms with Crippen molar-refractivity contribution in [2.24, 2.45) is 4.99 Å². The molecule has 0 atom stereocenters. The molecule has 0 saturated heterocycles. The molecular weight excluding hydrogens is 370 g/mol. The Hall–Kier alpha value is -2.32. The summed E-state index contributed by atoms with van der Waals surface area (Å²) in [4.78, 5) is 16.2. The zero-order valence-electron chi connectivity index (χ0n) is 18.4. The number of rotatable bonds is 8. The van der Waals surface area contributed by atoms with Crippen molar-refractivity contribution in [3.63, 3.8) is 0 Å². The highest BCUT2D eigenvalue weighted by molar-refractivity contribution is 5.79. The van der Waals surface area contributed by atoms with E-state index in [0.29, 0.717) is 13.1 Å². The number of nitrogens with zero attached hydrogens (tertiary/aromatic N) is 4. The average molecular weight is 408 g/mol. The Morgan fingerprint density at radius 1 is 1.14 bits per heavy atom. The number of nitrogens with one attached hydrogen (secondary N) is 3. The van der Waals surface area contributed by atoms with Crippen LogP contribution in [0.25, 0.3) is 0 Å². The van der Waals surface area contributed by atoms with Gasteiger partial charge in [-0.25, -0.2) is 4.79 Å². The van der Waals surface area contributed by atoms with E-state index < -0.39 is 5.60 Å². The molecule has 1 aromatic rings. The Morgan fingerprint density at radius 2 is 1.97 bits per heavy atom. The van der Waals surface area contributed by atoms with Gasteiger partial charge in [0.15, 0.2) is 5.96 Å². The highest BCUT2D eigenvalue weighted by Crippen LogP contribution is 2.14. The van der Waals surface area contributed by atoms with Crippen LogP contribution in [-0.4, -0.2) is 58.6 Å². The maximum atomic E-state index is 11.6. The lowest BCUT2D eigenvalue weighted by molar-refractivity contribution is 0.0527. The number of guanidine groups is 1. The minimum absolute atomic E-state index is 0.390. The Kier molecular flexibility index (Phi) is 9.21. The number of hydrogen-bond acceptors (Lipinski definition) is 5. The smallest absolute Gasteiger partial charge is 0.407 e. The number of amides is 1. The van der Waals surface area contributed by atoms with Crippen LogP contribution in [0, 0.1) is 0 Å². The number of carbonyl (C=O) groups is 1. The summed E-state index contributed by atoms with van der Waals surface area (Å²) < 4.78 is 7.50. The summed E-state index contributed by atoms with van der Waals surface area (Å²) in [6.07, 6.45) is 5.87. The van der Waals surface area contributed by atoms with E-state index in [0.717, 1.165) is 56.5 Å². The molecule has 29 heavy (non-hydrogen) atoms. The predicted octanol–water partition coefficient (Wildman–Crippen LogP) is 2.02. The number of aryl methyl sites for hydroxylation is 1. The molecule has 0 aromatic carbocycles. The van der Waals surface area contributed by atoms with E-state index in [4.69, 9.17) is 4.74 Å². The second kappa shape index (κ2) is 11.6. The molecule has 1 amide bonds. The van der Waals surface area contributed by atoms with E-state index in [2.05, 4.69) is 35.7 Å². The van der Waals surface area contributed by atoms with Crippen molar-refractivity contribution < 1.29 is 9.53 Å². The molecule has 0 bridgehead atoms. The third-order valence-electron chi connectivity index (χ3n) is 4.44. The fraction of sp³-hybridized carbons (Fsp3) is 0.800. The van der Waals surface area contributed by atoms with E-state index >= 15 is 0 Å². The van der Waals surface area contributed by atoms with Gasteiger partial charge in [0, 0.05) is 45.6 Å². The van der Waals surface area contributed by atoms with Crippen LogP contribution in [0.5, 0.6) is 0 Å². The van der Waals surface area contributed by atoms with Crippen molar-refractivity contribution in [3.8, 4) is 0 Å². The van der Waals surface area contributed by atoms with Gasteiger partial charge in [0.05, 0.1) is 0 Å². The molecule has 9 nitrogen and oxygen atoms in total. The fourth-order valence-electron chi connectivity index (χ4n) is 3.14. The van der Waals surface area contributed by atoms with Gasteiger partial charge in [0.25, 0.3) is 0 Å². The van der Waals surface area contributed by atoms with Crippen LogP contribution in [0.1, 0.15) is 65.0 Å². The number of fused-ring (bicyclic) bond motifs is 1. The molecule has 2 rings (SSSR count). The second-order valence-electron chi connectivity index (χ2n) is 8.21. The molecule has 9 heteroatoms. The summed E-state index contributed by atoms with van der Waals surface area (Å²) >= 11 is 0. The van der Waals surface area contributed by atoms with Gasteiger partial charge in [-0.3, -0.25) is 4.99 Å². The Labute approximate surface area is 174 Å². The van der Waals surface area contributed by atoms with Gasteiger partial charge in [-0.15, -0.1) is 10.2 Å². The molecule has 0 aliphatic carbocycles. The van der Waals surface area contributed by atoms with Crippen LogP contribution < -0.4 is 16.0 Å². The van der Waals surface area contributed by atoms with Gasteiger partial charge in [0.1, 0.15) is 17.2 Å². The van der Waals surface area contributed by atoms with Gasteiger partial charge in [-0.2, -0.15) is 0 Å². The second-order valence-corrected chi connectivity index (χ2v) is 8.21. The summed E-state index contributed by atoms with van der Waals surface area (Å²) in [5, 5.41) is 18.1. The minimum atomic E-state index is -0.479. The molecule has 2 heterocycles. The van der Waals surface area contributed by atoms with Crippen LogP contribution in [-0.2, 0) is 24.1 Å². The summed E-state index contributed by atoms with van der Waals surface area (Å²) in [5.41, 5.74) is -0.479. The van der Waals surface area contributed by atoms with Gasteiger partial charge < -0.3 is 25.3 Å². The van der Waals surface area contributed by atoms with Crippen LogP contribution in [0.15, 0.2) is 4.99 Å². The van der Waals surface area contributed by atoms with Crippen LogP contribution in [0.2, 0.25) is 0 Å². The van der Waals surface area contributed by atoms with Crippen LogP contribution in [0.4, 0.5) is 4.79 Å². The number of hydrogen-bond donors (Lipinski definition) is 3. The van der Waals surface area contributed by atoms with Crippen molar-refractivity contribution in [3.05, 3.63) is 11.6 Å². The van der Waals surface area contributed by atoms with Crippen molar-refractivity contribution in [2.75, 3.05) is 26.2 Å². The summed E-state index contributed by atoms with van der Waals surface area (Å²) in [6.45, 7) is 11.3. The van der Waals surface area contributed by atoms with Crippen LogP contribution >= 0.6 is 0 Å². The lowest BCUT2D eigenvalue weighted by Gasteiger charge is -2.19. The van der Waals surface area contributed by atoms with Gasteiger partial charge in [0.2, 0.25) is 0 Å². The summed E-state index contributed by atoms with van der Waals surface area (Å²) in [5.74, 6) is 2.95. The monoisotopic (exact) mass is 407 g/mol. The summed E-state index contributed by atoms with van der Waals surface area (Å²) in [7, 11) is 0. The SMILES string of the molecule is CCNC(=NCCCNC(=O)OC(C)(C)C)NCCc1nnc2n1CCCCC2. The number of carbonyl (C=O) groups excluding carboxylic acids is 1. The molecule has 1 aromatic heterocycles. The number of alkyl carbamates (subject to hydrolysis) is 1. The van der Waals surface area contributed by atoms with Gasteiger partial charge in [-0.05, 0) is 47.0 Å². The lowest BCUT2D eigenvalue weighted by Crippen LogP contribution is -2.38. The van der Waals surface area contributed by atoms with Crippen molar-refractivity contribution in [1.29, 1.82) is 0 Å². The minimum Gasteiger partial charge on any atom is -0.444 e. The zero-order chi connectivity index (χ0) is 21.1. The molecule has 1 aliphatic heterocycles. The largest absolute Gasteiger partial charge is 0.444 e.